The molecule has 0 spiro atoms. The molecule has 0 aliphatic carbocycles. The normalized spacial score (nSPS) is 19.6. The van der Waals surface area contributed by atoms with Gasteiger partial charge in [-0.3, -0.25) is 0 Å². The number of rotatable bonds is 4. The van der Waals surface area contributed by atoms with Crippen molar-refractivity contribution in [2.45, 2.75) is 17.0 Å². The van der Waals surface area contributed by atoms with Crippen LogP contribution in [0.5, 0.6) is 0 Å². The average Bonchev–Trinajstić information content (AvgIpc) is 2.00. The van der Waals surface area contributed by atoms with E-state index in [1.807, 2.05) is 0 Å². The first-order valence-corrected chi connectivity index (χ1v) is 3.61. The molecule has 0 heterocycles. The third kappa shape index (κ3) is 2.74. The van der Waals surface area contributed by atoms with E-state index in [0.29, 0.717) is 0 Å². The first kappa shape index (κ1) is 10.0. The second-order valence-electron chi connectivity index (χ2n) is 1.82. The zero-order valence-electron chi connectivity index (χ0n) is 5.14. The number of hydrogen-bond donors (Lipinski definition) is 3. The third-order valence-corrected chi connectivity index (χ3v) is 2.17. The van der Waals surface area contributed by atoms with Gasteiger partial charge in [0.25, 0.3) is 0 Å². The number of alkyl halides is 1. The van der Waals surface area contributed by atoms with Gasteiger partial charge in [-0.25, -0.2) is 0 Å². The van der Waals surface area contributed by atoms with Crippen LogP contribution in [0.15, 0.2) is 0 Å². The van der Waals surface area contributed by atoms with Crippen molar-refractivity contribution >= 4 is 22.2 Å². The van der Waals surface area contributed by atoms with E-state index in [-0.39, 0.29) is 6.29 Å². The molecule has 0 bridgehead atoms. The van der Waals surface area contributed by atoms with Crippen molar-refractivity contribution < 1.29 is 20.1 Å². The van der Waals surface area contributed by atoms with Crippen LogP contribution in [0.2, 0.25) is 0 Å². The van der Waals surface area contributed by atoms with Crippen LogP contribution >= 0.6 is 15.9 Å². The van der Waals surface area contributed by atoms with Gasteiger partial charge in [0.15, 0.2) is 0 Å². The Morgan fingerprint density at radius 2 is 2.00 bits per heavy atom. The van der Waals surface area contributed by atoms with Gasteiger partial charge in [-0.1, -0.05) is 15.9 Å². The summed E-state index contributed by atoms with van der Waals surface area (Å²) in [5.41, 5.74) is 0. The van der Waals surface area contributed by atoms with Crippen molar-refractivity contribution in [2.75, 3.05) is 6.61 Å². The molecule has 0 aromatic heterocycles. The summed E-state index contributed by atoms with van der Waals surface area (Å²) in [4.78, 5) is 9.10. The number of carbonyl (C=O) groups excluding carboxylic acids is 1. The van der Waals surface area contributed by atoms with E-state index in [1.165, 1.54) is 0 Å². The smallest absolute Gasteiger partial charge is 0.149 e. The minimum atomic E-state index is -1.28. The molecule has 60 valence electrons. The number of aliphatic hydroxyl groups is 3. The summed E-state index contributed by atoms with van der Waals surface area (Å²) in [6, 6.07) is 0. The van der Waals surface area contributed by atoms with Gasteiger partial charge in [0.1, 0.15) is 12.4 Å². The molecule has 3 N–H and O–H groups in total. The Morgan fingerprint density at radius 3 is 2.30 bits per heavy atom. The monoisotopic (exact) mass is 212 g/mol. The fourth-order valence-electron chi connectivity index (χ4n) is 0.403. The largest absolute Gasteiger partial charge is 0.394 e. The molecule has 0 aromatic rings. The lowest BCUT2D eigenvalue weighted by Gasteiger charge is -2.15. The maximum Gasteiger partial charge on any atom is 0.149 e. The molecule has 0 amide bonds. The van der Waals surface area contributed by atoms with Crippen LogP contribution in [0.4, 0.5) is 0 Å². The van der Waals surface area contributed by atoms with E-state index in [1.54, 1.807) is 0 Å². The van der Waals surface area contributed by atoms with E-state index in [4.69, 9.17) is 15.3 Å². The molecular weight excluding hydrogens is 204 g/mol. The molecule has 0 fully saturated rings. The topological polar surface area (TPSA) is 77.8 Å². The molecule has 0 rings (SSSR count). The lowest BCUT2D eigenvalue weighted by atomic mass is 10.2. The Morgan fingerprint density at radius 1 is 1.50 bits per heavy atom. The zero-order chi connectivity index (χ0) is 8.15. The molecule has 0 unspecified atom stereocenters. The van der Waals surface area contributed by atoms with Crippen molar-refractivity contribution in [3.8, 4) is 0 Å². The van der Waals surface area contributed by atoms with Gasteiger partial charge in [-0.15, -0.1) is 0 Å². The second-order valence-corrected chi connectivity index (χ2v) is 2.88. The lowest BCUT2D eigenvalue weighted by molar-refractivity contribution is -0.116. The Balaban J connectivity index is 3.80. The summed E-state index contributed by atoms with van der Waals surface area (Å²) in [6.45, 7) is -0.485. The van der Waals surface area contributed by atoms with Crippen LogP contribution in [0.25, 0.3) is 0 Å². The van der Waals surface area contributed by atoms with E-state index < -0.39 is 23.6 Å². The average molecular weight is 213 g/mol. The van der Waals surface area contributed by atoms with Crippen molar-refractivity contribution in [1.82, 2.24) is 0 Å². The van der Waals surface area contributed by atoms with E-state index in [9.17, 15) is 4.79 Å². The fourth-order valence-corrected chi connectivity index (χ4v) is 0.695. The highest BCUT2D eigenvalue weighted by Crippen LogP contribution is 2.08. The number of hydrogen-bond acceptors (Lipinski definition) is 4. The minimum Gasteiger partial charge on any atom is -0.394 e. The molecule has 0 saturated carbocycles. The van der Waals surface area contributed by atoms with E-state index in [0.717, 1.165) is 0 Å². The maximum absolute atomic E-state index is 9.89. The molecule has 4 nitrogen and oxygen atoms in total. The molecule has 3 atom stereocenters. The molecule has 5 heteroatoms. The second kappa shape index (κ2) is 4.79. The first-order chi connectivity index (χ1) is 4.63. The highest BCUT2D eigenvalue weighted by atomic mass is 79.9. The molecule has 0 aliphatic rings. The Labute approximate surface area is 66.6 Å². The number of aliphatic hydroxyl groups excluding tert-OH is 3. The summed E-state index contributed by atoms with van der Waals surface area (Å²) >= 11 is 2.84. The first-order valence-electron chi connectivity index (χ1n) is 2.69. The van der Waals surface area contributed by atoms with Crippen molar-refractivity contribution in [3.05, 3.63) is 0 Å². The number of carbonyl (C=O) groups is 1. The maximum atomic E-state index is 9.89. The predicted molar refractivity (Wildman–Crippen MR) is 37.9 cm³/mol. The van der Waals surface area contributed by atoms with Crippen LogP contribution in [-0.4, -0.2) is 45.2 Å². The van der Waals surface area contributed by atoms with Gasteiger partial charge in [-0.05, 0) is 0 Å². The number of aldehydes is 1. The lowest BCUT2D eigenvalue weighted by Crippen LogP contribution is -2.35. The fraction of sp³-hybridized carbons (Fsp3) is 0.800. The van der Waals surface area contributed by atoms with Gasteiger partial charge in [0.2, 0.25) is 0 Å². The van der Waals surface area contributed by atoms with Gasteiger partial charge in [-0.2, -0.15) is 0 Å². The Bertz CT molecular complexity index is 108. The molecule has 0 aromatic carbocycles. The Hall–Kier alpha value is 0.0300. The number of halogens is 1. The van der Waals surface area contributed by atoms with Gasteiger partial charge in [0.05, 0.1) is 17.5 Å². The van der Waals surface area contributed by atoms with Gasteiger partial charge in [0, 0.05) is 0 Å². The van der Waals surface area contributed by atoms with Crippen molar-refractivity contribution in [3.63, 3.8) is 0 Å². The minimum absolute atomic E-state index is 0.290. The van der Waals surface area contributed by atoms with E-state index in [2.05, 4.69) is 15.9 Å². The molecule has 10 heavy (non-hydrogen) atoms. The van der Waals surface area contributed by atoms with Crippen LogP contribution < -0.4 is 0 Å². The summed E-state index contributed by atoms with van der Waals surface area (Å²) in [6.07, 6.45) is -2.10. The Kier molecular flexibility index (Phi) is 4.80. The summed E-state index contributed by atoms with van der Waals surface area (Å²) < 4.78 is 0. The zero-order valence-corrected chi connectivity index (χ0v) is 6.73. The molecular formula is C5H9BrO4. The standard InChI is InChI=1S/C5H9BrO4/c6-5(3(9)1-7)4(10)2-8/h1,3-5,8-10H,2H2/t3-,4+,5+/m0/s1. The molecule has 0 saturated heterocycles. The third-order valence-electron chi connectivity index (χ3n) is 1.02. The van der Waals surface area contributed by atoms with E-state index >= 15 is 0 Å². The van der Waals surface area contributed by atoms with Gasteiger partial charge < -0.3 is 20.1 Å². The molecule has 0 radical (unpaired) electrons. The van der Waals surface area contributed by atoms with Crippen molar-refractivity contribution in [1.29, 1.82) is 0 Å². The quantitative estimate of drug-likeness (QED) is 0.399. The van der Waals surface area contributed by atoms with Crippen LogP contribution in [0.3, 0.4) is 0 Å². The van der Waals surface area contributed by atoms with Gasteiger partial charge >= 0.3 is 0 Å². The van der Waals surface area contributed by atoms with Crippen LogP contribution in [-0.2, 0) is 4.79 Å². The van der Waals surface area contributed by atoms with Crippen LogP contribution in [0, 0.1) is 0 Å². The highest BCUT2D eigenvalue weighted by Gasteiger charge is 2.22. The summed E-state index contributed by atoms with van der Waals surface area (Å²) in [5, 5.41) is 25.9. The summed E-state index contributed by atoms with van der Waals surface area (Å²) in [5.74, 6) is 0. The van der Waals surface area contributed by atoms with Crippen molar-refractivity contribution in [2.24, 2.45) is 0 Å². The van der Waals surface area contributed by atoms with Crippen LogP contribution in [0.1, 0.15) is 0 Å². The SMILES string of the molecule is O=C[C@H](O)[C@@H](Br)[C@H](O)CO. The molecule has 0 aliphatic heterocycles. The summed E-state index contributed by atoms with van der Waals surface area (Å²) in [7, 11) is 0. The highest BCUT2D eigenvalue weighted by molar-refractivity contribution is 9.09. The predicted octanol–water partition coefficient (Wildman–Crippen LogP) is -1.34.